The molecule has 0 unspecified atom stereocenters. The van der Waals surface area contributed by atoms with Crippen LogP contribution in [0, 0.1) is 0 Å². The molecule has 0 bridgehead atoms. The number of benzene rings is 1. The molecule has 0 saturated carbocycles. The van der Waals surface area contributed by atoms with Gasteiger partial charge in [0.05, 0.1) is 0 Å². The lowest BCUT2D eigenvalue weighted by Gasteiger charge is -2.02. The molecule has 0 fully saturated rings. The molecular weight excluding hydrogens is 204 g/mol. The van der Waals surface area contributed by atoms with E-state index in [9.17, 15) is 4.79 Å². The van der Waals surface area contributed by atoms with Crippen LogP contribution in [0.3, 0.4) is 0 Å². The molecule has 0 saturated heterocycles. The molecule has 84 valence electrons. The Labute approximate surface area is 94.3 Å². The highest BCUT2D eigenvalue weighted by Gasteiger charge is 1.98. The van der Waals surface area contributed by atoms with Gasteiger partial charge in [-0.1, -0.05) is 30.3 Å². The molecule has 2 N–H and O–H groups in total. The zero-order chi connectivity index (χ0) is 11.6. The number of hydrogen-bond acceptors (Lipinski definition) is 3. The van der Waals surface area contributed by atoms with Gasteiger partial charge in [-0.3, -0.25) is 15.2 Å². The third kappa shape index (κ3) is 4.90. The lowest BCUT2D eigenvalue weighted by molar-refractivity contribution is -0.119. The van der Waals surface area contributed by atoms with Crippen molar-refractivity contribution < 1.29 is 4.79 Å². The van der Waals surface area contributed by atoms with Gasteiger partial charge in [-0.05, 0) is 5.56 Å². The molecule has 5 nitrogen and oxygen atoms in total. The van der Waals surface area contributed by atoms with E-state index in [0.29, 0.717) is 6.54 Å². The van der Waals surface area contributed by atoms with Crippen molar-refractivity contribution in [2.24, 2.45) is 10.1 Å². The van der Waals surface area contributed by atoms with Crippen molar-refractivity contribution in [1.29, 1.82) is 0 Å². The number of hydrazone groups is 1. The zero-order valence-corrected chi connectivity index (χ0v) is 8.89. The molecule has 5 heteroatoms. The number of hydrogen-bond donors (Lipinski definition) is 2. The summed E-state index contributed by atoms with van der Waals surface area (Å²) in [5.41, 5.74) is 3.48. The van der Waals surface area contributed by atoms with Gasteiger partial charge >= 0.3 is 0 Å². The van der Waals surface area contributed by atoms with Gasteiger partial charge in [-0.15, -0.1) is 0 Å². The van der Waals surface area contributed by atoms with Gasteiger partial charge in [0.15, 0.2) is 0 Å². The van der Waals surface area contributed by atoms with Gasteiger partial charge in [0.1, 0.15) is 12.9 Å². The Bertz CT molecular complexity index is 362. The van der Waals surface area contributed by atoms with E-state index in [1.807, 2.05) is 30.3 Å². The van der Waals surface area contributed by atoms with Crippen molar-refractivity contribution in [3.8, 4) is 0 Å². The van der Waals surface area contributed by atoms with Crippen LogP contribution in [0.1, 0.15) is 5.56 Å². The van der Waals surface area contributed by atoms with E-state index in [1.54, 1.807) is 0 Å². The van der Waals surface area contributed by atoms with Crippen LogP contribution in [0.4, 0.5) is 0 Å². The van der Waals surface area contributed by atoms with Gasteiger partial charge < -0.3 is 5.32 Å². The smallest absolute Gasteiger partial charge is 0.241 e. The lowest BCUT2D eigenvalue weighted by Crippen LogP contribution is -2.25. The average molecular weight is 218 g/mol. The summed E-state index contributed by atoms with van der Waals surface area (Å²) in [5.74, 6) is -0.133. The molecule has 0 aliphatic carbocycles. The summed E-state index contributed by atoms with van der Waals surface area (Å²) in [5, 5.41) is 6.09. The normalized spacial score (nSPS) is 10.0. The fourth-order valence-corrected chi connectivity index (χ4v) is 1.06. The Morgan fingerprint density at radius 2 is 2.12 bits per heavy atom. The Hall–Kier alpha value is -2.17. The molecule has 0 atom stereocenters. The van der Waals surface area contributed by atoms with Crippen molar-refractivity contribution in [2.75, 3.05) is 6.54 Å². The minimum atomic E-state index is -0.133. The molecule has 0 spiro atoms. The molecule has 0 aromatic heterocycles. The highest BCUT2D eigenvalue weighted by molar-refractivity contribution is 5.79. The van der Waals surface area contributed by atoms with E-state index < -0.39 is 0 Å². The molecule has 1 aromatic rings. The van der Waals surface area contributed by atoms with Crippen LogP contribution in [-0.4, -0.2) is 25.5 Å². The monoisotopic (exact) mass is 218 g/mol. The van der Waals surface area contributed by atoms with Crippen LogP contribution in [0.5, 0.6) is 0 Å². The molecule has 0 radical (unpaired) electrons. The quantitative estimate of drug-likeness (QED) is 0.415. The van der Waals surface area contributed by atoms with Crippen LogP contribution in [0.2, 0.25) is 0 Å². The number of carbonyl (C=O) groups is 1. The van der Waals surface area contributed by atoms with Crippen LogP contribution in [0.15, 0.2) is 40.4 Å². The van der Waals surface area contributed by atoms with E-state index in [1.165, 1.54) is 6.34 Å². The van der Waals surface area contributed by atoms with Gasteiger partial charge in [-0.2, -0.15) is 5.10 Å². The van der Waals surface area contributed by atoms with Crippen LogP contribution in [-0.2, 0) is 11.3 Å². The summed E-state index contributed by atoms with van der Waals surface area (Å²) in [6, 6.07) is 9.70. The lowest BCUT2D eigenvalue weighted by atomic mass is 10.2. The molecule has 1 amide bonds. The van der Waals surface area contributed by atoms with Gasteiger partial charge in [-0.25, -0.2) is 0 Å². The first-order valence-electron chi connectivity index (χ1n) is 4.83. The SMILES string of the molecule is C=NN/C=N\CC(=O)NCc1ccccc1. The highest BCUT2D eigenvalue weighted by Crippen LogP contribution is 1.96. The number of nitrogens with zero attached hydrogens (tertiary/aromatic N) is 2. The van der Waals surface area contributed by atoms with E-state index in [4.69, 9.17) is 0 Å². The third-order valence-electron chi connectivity index (χ3n) is 1.81. The largest absolute Gasteiger partial charge is 0.350 e. The minimum absolute atomic E-state index is 0.0787. The minimum Gasteiger partial charge on any atom is -0.350 e. The summed E-state index contributed by atoms with van der Waals surface area (Å²) in [7, 11) is 0. The van der Waals surface area contributed by atoms with Crippen LogP contribution >= 0.6 is 0 Å². The first-order valence-corrected chi connectivity index (χ1v) is 4.83. The second-order valence-corrected chi connectivity index (χ2v) is 3.02. The second kappa shape index (κ2) is 7.17. The molecule has 16 heavy (non-hydrogen) atoms. The summed E-state index contributed by atoms with van der Waals surface area (Å²) in [6.07, 6.45) is 1.33. The summed E-state index contributed by atoms with van der Waals surface area (Å²) in [6.45, 7) is 3.80. The van der Waals surface area contributed by atoms with Crippen molar-refractivity contribution in [3.63, 3.8) is 0 Å². The number of nitrogens with one attached hydrogen (secondary N) is 2. The van der Waals surface area contributed by atoms with Gasteiger partial charge in [0.25, 0.3) is 0 Å². The Morgan fingerprint density at radius 3 is 2.81 bits per heavy atom. The van der Waals surface area contributed by atoms with E-state index >= 15 is 0 Å². The number of rotatable bonds is 6. The van der Waals surface area contributed by atoms with Crippen LogP contribution in [0.25, 0.3) is 0 Å². The predicted molar refractivity (Wildman–Crippen MR) is 64.3 cm³/mol. The van der Waals surface area contributed by atoms with E-state index in [-0.39, 0.29) is 12.5 Å². The first kappa shape index (κ1) is 11.9. The maximum atomic E-state index is 11.3. The molecule has 0 heterocycles. The fourth-order valence-electron chi connectivity index (χ4n) is 1.06. The highest BCUT2D eigenvalue weighted by atomic mass is 16.1. The average Bonchev–Trinajstić information content (AvgIpc) is 2.33. The number of aliphatic imine (C=N–C) groups is 1. The molecule has 0 aliphatic rings. The van der Waals surface area contributed by atoms with E-state index in [2.05, 4.69) is 27.6 Å². The van der Waals surface area contributed by atoms with Crippen molar-refractivity contribution in [3.05, 3.63) is 35.9 Å². The molecule has 1 rings (SSSR count). The molecule has 1 aromatic carbocycles. The maximum Gasteiger partial charge on any atom is 0.241 e. The standard InChI is InChI=1S/C11H14N4O/c1-12-15-9-13-8-11(16)14-7-10-5-3-2-4-6-10/h2-6,9H,1,7-8H2,(H,13,15)(H,14,16). The third-order valence-corrected chi connectivity index (χ3v) is 1.81. The number of amides is 1. The Morgan fingerprint density at radius 1 is 1.38 bits per heavy atom. The van der Waals surface area contributed by atoms with E-state index in [0.717, 1.165) is 5.56 Å². The van der Waals surface area contributed by atoms with Crippen molar-refractivity contribution in [2.45, 2.75) is 6.54 Å². The topological polar surface area (TPSA) is 65.8 Å². The summed E-state index contributed by atoms with van der Waals surface area (Å²) in [4.78, 5) is 15.1. The fraction of sp³-hybridized carbons (Fsp3) is 0.182. The Kier molecular flexibility index (Phi) is 5.33. The van der Waals surface area contributed by atoms with Gasteiger partial charge in [0.2, 0.25) is 5.91 Å². The summed E-state index contributed by atoms with van der Waals surface area (Å²) < 4.78 is 0. The molecular formula is C11H14N4O. The summed E-state index contributed by atoms with van der Waals surface area (Å²) >= 11 is 0. The Balaban J connectivity index is 2.23. The van der Waals surface area contributed by atoms with Gasteiger partial charge in [0, 0.05) is 13.3 Å². The molecule has 0 aliphatic heterocycles. The first-order chi connectivity index (χ1) is 7.83. The predicted octanol–water partition coefficient (Wildman–Crippen LogP) is 0.536. The second-order valence-electron chi connectivity index (χ2n) is 3.02. The maximum absolute atomic E-state index is 11.3. The zero-order valence-electron chi connectivity index (χ0n) is 8.89. The van der Waals surface area contributed by atoms with Crippen LogP contribution < -0.4 is 10.7 Å². The number of carbonyl (C=O) groups excluding carboxylic acids is 1. The van der Waals surface area contributed by atoms with Crippen molar-refractivity contribution in [1.82, 2.24) is 10.7 Å². The van der Waals surface area contributed by atoms with Crippen molar-refractivity contribution >= 4 is 19.0 Å².